The first-order chi connectivity index (χ1) is 16.6. The molecule has 0 spiro atoms. The standard InChI is InChI=1S/C25H22F3N3O3S/c1-16-13-20(11-12-22(16)34-14-23(32)33)35-15-21(29)24(17-5-3-2-4-6-17)31-30-19-9-7-18(8-10-19)25(26,27)28/h2-13,29-30H,14-15H2,1H3,(H,32,33)/b29-21?,31-24-. The van der Waals surface area contributed by atoms with Crippen molar-refractivity contribution in [1.82, 2.24) is 0 Å². The van der Waals surface area contributed by atoms with Gasteiger partial charge in [-0.2, -0.15) is 18.3 Å². The zero-order chi connectivity index (χ0) is 25.4. The summed E-state index contributed by atoms with van der Waals surface area (Å²) in [5.74, 6) is -0.315. The quantitative estimate of drug-likeness (QED) is 0.177. The molecule has 0 amide bonds. The molecule has 182 valence electrons. The predicted molar refractivity (Wildman–Crippen MR) is 131 cm³/mol. The van der Waals surface area contributed by atoms with Gasteiger partial charge in [0.1, 0.15) is 11.5 Å². The molecule has 0 aromatic heterocycles. The van der Waals surface area contributed by atoms with Crippen LogP contribution in [0, 0.1) is 12.3 Å². The Labute approximate surface area is 204 Å². The molecule has 3 N–H and O–H groups in total. The van der Waals surface area contributed by atoms with E-state index in [0.717, 1.165) is 22.6 Å². The van der Waals surface area contributed by atoms with E-state index in [9.17, 15) is 18.0 Å². The summed E-state index contributed by atoms with van der Waals surface area (Å²) in [5, 5.41) is 21.7. The van der Waals surface area contributed by atoms with Gasteiger partial charge < -0.3 is 15.3 Å². The van der Waals surface area contributed by atoms with Gasteiger partial charge in [0, 0.05) is 16.2 Å². The second-order valence-corrected chi connectivity index (χ2v) is 8.44. The molecule has 10 heteroatoms. The fourth-order valence-corrected chi connectivity index (χ4v) is 3.87. The molecule has 0 atom stereocenters. The monoisotopic (exact) mass is 501 g/mol. The average molecular weight is 502 g/mol. The molecule has 0 saturated carbocycles. The first-order valence-corrected chi connectivity index (χ1v) is 11.3. The molecule has 3 aromatic rings. The van der Waals surface area contributed by atoms with Gasteiger partial charge in [0.25, 0.3) is 0 Å². The van der Waals surface area contributed by atoms with Crippen LogP contribution in [0.4, 0.5) is 18.9 Å². The van der Waals surface area contributed by atoms with Crippen molar-refractivity contribution in [3.05, 3.63) is 89.5 Å². The van der Waals surface area contributed by atoms with E-state index < -0.39 is 24.3 Å². The number of ether oxygens (including phenoxy) is 1. The molecular weight excluding hydrogens is 479 g/mol. The number of benzene rings is 3. The van der Waals surface area contributed by atoms with Crippen molar-refractivity contribution in [2.75, 3.05) is 17.8 Å². The first-order valence-electron chi connectivity index (χ1n) is 10.4. The van der Waals surface area contributed by atoms with Crippen molar-refractivity contribution < 1.29 is 27.8 Å². The van der Waals surface area contributed by atoms with Gasteiger partial charge in [0.2, 0.25) is 0 Å². The highest BCUT2D eigenvalue weighted by Crippen LogP contribution is 2.30. The number of hydrogen-bond acceptors (Lipinski definition) is 6. The number of carboxylic acid groups (broad SMARTS) is 1. The van der Waals surface area contributed by atoms with Crippen LogP contribution in [0.25, 0.3) is 0 Å². The highest BCUT2D eigenvalue weighted by molar-refractivity contribution is 8.00. The Hall–Kier alpha value is -3.79. The van der Waals surface area contributed by atoms with Gasteiger partial charge in [-0.3, -0.25) is 5.43 Å². The van der Waals surface area contributed by atoms with Crippen LogP contribution < -0.4 is 10.2 Å². The lowest BCUT2D eigenvalue weighted by Gasteiger charge is -2.12. The minimum atomic E-state index is -4.42. The summed E-state index contributed by atoms with van der Waals surface area (Å²) in [6.07, 6.45) is -4.42. The number of carboxylic acids is 1. The zero-order valence-corrected chi connectivity index (χ0v) is 19.4. The Morgan fingerprint density at radius 1 is 1.09 bits per heavy atom. The van der Waals surface area contributed by atoms with E-state index >= 15 is 0 Å². The zero-order valence-electron chi connectivity index (χ0n) is 18.6. The van der Waals surface area contributed by atoms with Crippen molar-refractivity contribution in [3.63, 3.8) is 0 Å². The number of hydrazone groups is 1. The van der Waals surface area contributed by atoms with Crippen molar-refractivity contribution in [3.8, 4) is 5.75 Å². The maximum Gasteiger partial charge on any atom is 0.416 e. The molecule has 0 aliphatic heterocycles. The van der Waals surface area contributed by atoms with E-state index in [4.69, 9.17) is 15.3 Å². The summed E-state index contributed by atoms with van der Waals surface area (Å²) in [7, 11) is 0. The topological polar surface area (TPSA) is 94.8 Å². The third-order valence-electron chi connectivity index (χ3n) is 4.72. The third kappa shape index (κ3) is 7.61. The van der Waals surface area contributed by atoms with Crippen molar-refractivity contribution in [2.24, 2.45) is 5.10 Å². The molecular formula is C25H22F3N3O3S. The van der Waals surface area contributed by atoms with Gasteiger partial charge in [-0.05, 0) is 55.0 Å². The lowest BCUT2D eigenvalue weighted by atomic mass is 10.1. The second kappa shape index (κ2) is 11.6. The molecule has 35 heavy (non-hydrogen) atoms. The normalized spacial score (nSPS) is 11.7. The SMILES string of the molecule is Cc1cc(SCC(=N)/C(=N\Nc2ccc(C(F)(F)F)cc2)c2ccccc2)ccc1OCC(=O)O. The number of aryl methyl sites for hydroxylation is 1. The number of carbonyl (C=O) groups is 1. The molecule has 0 bridgehead atoms. The number of thioether (sulfide) groups is 1. The number of halogens is 3. The summed E-state index contributed by atoms with van der Waals surface area (Å²) < 4.78 is 43.6. The van der Waals surface area contributed by atoms with E-state index in [1.54, 1.807) is 31.2 Å². The number of alkyl halides is 3. The lowest BCUT2D eigenvalue weighted by Crippen LogP contribution is -2.18. The minimum Gasteiger partial charge on any atom is -0.482 e. The molecule has 0 fully saturated rings. The van der Waals surface area contributed by atoms with E-state index in [1.807, 2.05) is 24.3 Å². The second-order valence-electron chi connectivity index (χ2n) is 7.39. The van der Waals surface area contributed by atoms with Crippen LogP contribution in [-0.2, 0) is 11.0 Å². The summed E-state index contributed by atoms with van der Waals surface area (Å²) >= 11 is 1.40. The Kier molecular flexibility index (Phi) is 8.53. The Bertz CT molecular complexity index is 1210. The molecule has 0 aliphatic rings. The van der Waals surface area contributed by atoms with E-state index in [0.29, 0.717) is 22.7 Å². The highest BCUT2D eigenvalue weighted by atomic mass is 32.2. The van der Waals surface area contributed by atoms with Gasteiger partial charge in [-0.15, -0.1) is 11.8 Å². The van der Waals surface area contributed by atoms with Gasteiger partial charge in [-0.25, -0.2) is 4.79 Å². The fourth-order valence-electron chi connectivity index (χ4n) is 2.99. The number of aliphatic carboxylic acids is 1. The van der Waals surface area contributed by atoms with E-state index in [2.05, 4.69) is 10.5 Å². The van der Waals surface area contributed by atoms with Gasteiger partial charge in [0.05, 0.1) is 17.0 Å². The first kappa shape index (κ1) is 25.8. The van der Waals surface area contributed by atoms with E-state index in [1.165, 1.54) is 23.9 Å². The van der Waals surface area contributed by atoms with Crippen molar-refractivity contribution in [2.45, 2.75) is 18.0 Å². The van der Waals surface area contributed by atoms with Crippen LogP contribution in [0.3, 0.4) is 0 Å². The Balaban J connectivity index is 1.72. The fraction of sp³-hybridized carbons (Fsp3) is 0.160. The van der Waals surface area contributed by atoms with Gasteiger partial charge in [0.15, 0.2) is 6.61 Å². The summed E-state index contributed by atoms with van der Waals surface area (Å²) in [5.41, 5.74) is 4.38. The third-order valence-corrected chi connectivity index (χ3v) is 5.74. The number of nitrogens with zero attached hydrogens (tertiary/aromatic N) is 1. The molecule has 0 radical (unpaired) electrons. The maximum absolute atomic E-state index is 12.8. The lowest BCUT2D eigenvalue weighted by molar-refractivity contribution is -0.139. The summed E-state index contributed by atoms with van der Waals surface area (Å²) in [6.45, 7) is 1.37. The Morgan fingerprint density at radius 3 is 2.37 bits per heavy atom. The Morgan fingerprint density at radius 2 is 1.77 bits per heavy atom. The van der Waals surface area contributed by atoms with Crippen molar-refractivity contribution >= 4 is 34.8 Å². The summed E-state index contributed by atoms with van der Waals surface area (Å²) in [6, 6.07) is 18.8. The smallest absolute Gasteiger partial charge is 0.416 e. The highest BCUT2D eigenvalue weighted by Gasteiger charge is 2.29. The predicted octanol–water partition coefficient (Wildman–Crippen LogP) is 6.11. The van der Waals surface area contributed by atoms with Crippen LogP contribution in [0.2, 0.25) is 0 Å². The van der Waals surface area contributed by atoms with Crippen LogP contribution in [-0.4, -0.2) is 34.9 Å². The average Bonchev–Trinajstić information content (AvgIpc) is 2.82. The molecule has 0 aliphatic carbocycles. The molecule has 0 saturated heterocycles. The molecule has 0 heterocycles. The number of anilines is 1. The van der Waals surface area contributed by atoms with Crippen LogP contribution in [0.15, 0.2) is 82.8 Å². The maximum atomic E-state index is 12.8. The van der Waals surface area contributed by atoms with E-state index in [-0.39, 0.29) is 11.5 Å². The molecule has 3 rings (SSSR count). The van der Waals surface area contributed by atoms with Crippen molar-refractivity contribution in [1.29, 1.82) is 5.41 Å². The molecule has 0 unspecified atom stereocenters. The van der Waals surface area contributed by atoms with Gasteiger partial charge >= 0.3 is 12.1 Å². The van der Waals surface area contributed by atoms with Crippen LogP contribution in [0.1, 0.15) is 16.7 Å². The minimum absolute atomic E-state index is 0.212. The summed E-state index contributed by atoms with van der Waals surface area (Å²) in [4.78, 5) is 11.6. The number of hydrogen-bond donors (Lipinski definition) is 3. The number of rotatable bonds is 10. The number of nitrogens with one attached hydrogen (secondary N) is 2. The van der Waals surface area contributed by atoms with Crippen LogP contribution in [0.5, 0.6) is 5.75 Å². The van der Waals surface area contributed by atoms with Crippen LogP contribution >= 0.6 is 11.8 Å². The largest absolute Gasteiger partial charge is 0.482 e. The molecule has 6 nitrogen and oxygen atoms in total. The van der Waals surface area contributed by atoms with Gasteiger partial charge in [-0.1, -0.05) is 30.3 Å². The molecule has 3 aromatic carbocycles.